The van der Waals surface area contributed by atoms with Crippen molar-refractivity contribution in [2.45, 2.75) is 30.3 Å². The molecule has 6 heteroatoms. The van der Waals surface area contributed by atoms with Crippen LogP contribution in [0.5, 0.6) is 17.2 Å². The Labute approximate surface area is 169 Å². The number of rotatable bonds is 5. The summed E-state index contributed by atoms with van der Waals surface area (Å²) < 4.78 is 16.6. The molecule has 4 rings (SSSR count). The van der Waals surface area contributed by atoms with Gasteiger partial charge in [-0.3, -0.25) is 0 Å². The minimum absolute atomic E-state index is 0.0255. The summed E-state index contributed by atoms with van der Waals surface area (Å²) in [6, 6.07) is 11.1. The van der Waals surface area contributed by atoms with Gasteiger partial charge in [0.15, 0.2) is 11.5 Å². The molecule has 2 heterocycles. The van der Waals surface area contributed by atoms with Gasteiger partial charge in [0.25, 0.3) is 0 Å². The average molecular weight is 399 g/mol. The summed E-state index contributed by atoms with van der Waals surface area (Å²) in [5, 5.41) is 5.04. The zero-order chi connectivity index (χ0) is 19.8. The molecule has 0 amide bonds. The van der Waals surface area contributed by atoms with E-state index in [-0.39, 0.29) is 6.04 Å². The van der Waals surface area contributed by atoms with Crippen molar-refractivity contribution < 1.29 is 14.2 Å². The van der Waals surface area contributed by atoms with Crippen LogP contribution in [0, 0.1) is 0 Å². The lowest BCUT2D eigenvalue weighted by atomic mass is 9.90. The van der Waals surface area contributed by atoms with Gasteiger partial charge >= 0.3 is 0 Å². The largest absolute Gasteiger partial charge is 0.493 e. The first kappa shape index (κ1) is 19.0. The summed E-state index contributed by atoms with van der Waals surface area (Å²) in [6.07, 6.45) is 3.11. The molecule has 28 heavy (non-hydrogen) atoms. The van der Waals surface area contributed by atoms with Crippen molar-refractivity contribution in [3.63, 3.8) is 0 Å². The second-order valence-corrected chi connectivity index (χ2v) is 7.97. The van der Waals surface area contributed by atoms with E-state index in [1.54, 1.807) is 33.1 Å². The number of H-pyrrole nitrogens is 1. The fourth-order valence-corrected chi connectivity index (χ4v) is 4.54. The standard InChI is InChI=1S/C22H26N2O3S/c1-12-8-16-15-11-14(28-5)6-7-17(15)24-21(16)20(23-12)13-9-18(25-2)22(27-4)19(10-13)26-3/h6-7,9-12,20,23-24H,8H2,1-5H3. The Hall–Kier alpha value is -2.31. The molecule has 2 unspecified atom stereocenters. The molecule has 0 spiro atoms. The minimum atomic E-state index is 0.0255. The summed E-state index contributed by atoms with van der Waals surface area (Å²) in [6.45, 7) is 2.23. The van der Waals surface area contributed by atoms with Gasteiger partial charge in [-0.15, -0.1) is 11.8 Å². The summed E-state index contributed by atoms with van der Waals surface area (Å²) in [4.78, 5) is 4.94. The molecule has 2 N–H and O–H groups in total. The van der Waals surface area contributed by atoms with Crippen molar-refractivity contribution in [1.29, 1.82) is 0 Å². The third kappa shape index (κ3) is 3.10. The SMILES string of the molecule is COc1cc(C2NC(C)Cc3c2[nH]c2ccc(SC)cc32)cc(OC)c1OC. The maximum Gasteiger partial charge on any atom is 0.203 e. The van der Waals surface area contributed by atoms with Crippen molar-refractivity contribution >= 4 is 22.7 Å². The monoisotopic (exact) mass is 398 g/mol. The number of methoxy groups -OCH3 is 3. The second kappa shape index (κ2) is 7.60. The van der Waals surface area contributed by atoms with Gasteiger partial charge in [-0.25, -0.2) is 0 Å². The Bertz CT molecular complexity index is 989. The van der Waals surface area contributed by atoms with Gasteiger partial charge in [-0.1, -0.05) is 0 Å². The van der Waals surface area contributed by atoms with Crippen LogP contribution in [0.4, 0.5) is 0 Å². The molecule has 2 atom stereocenters. The number of thioether (sulfide) groups is 1. The number of ether oxygens (including phenoxy) is 3. The van der Waals surface area contributed by atoms with Crippen molar-refractivity contribution in [2.75, 3.05) is 27.6 Å². The molecule has 2 aromatic carbocycles. The summed E-state index contributed by atoms with van der Waals surface area (Å²) in [5.41, 5.74) is 4.85. The highest BCUT2D eigenvalue weighted by Gasteiger charge is 2.30. The molecule has 5 nitrogen and oxygen atoms in total. The third-order valence-electron chi connectivity index (χ3n) is 5.42. The lowest BCUT2D eigenvalue weighted by molar-refractivity contribution is 0.322. The van der Waals surface area contributed by atoms with E-state index >= 15 is 0 Å². The van der Waals surface area contributed by atoms with Crippen molar-refractivity contribution in [2.24, 2.45) is 0 Å². The number of fused-ring (bicyclic) bond motifs is 3. The van der Waals surface area contributed by atoms with Crippen molar-refractivity contribution in [1.82, 2.24) is 10.3 Å². The van der Waals surface area contributed by atoms with E-state index in [1.807, 2.05) is 12.1 Å². The van der Waals surface area contributed by atoms with E-state index in [4.69, 9.17) is 14.2 Å². The van der Waals surface area contributed by atoms with Crippen LogP contribution in [0.1, 0.15) is 29.8 Å². The van der Waals surface area contributed by atoms with Crippen molar-refractivity contribution in [3.05, 3.63) is 47.2 Å². The summed E-state index contributed by atoms with van der Waals surface area (Å²) >= 11 is 1.77. The highest BCUT2D eigenvalue weighted by molar-refractivity contribution is 7.98. The molecular weight excluding hydrogens is 372 g/mol. The van der Waals surface area contributed by atoms with Gasteiger partial charge in [0, 0.05) is 27.5 Å². The quantitative estimate of drug-likeness (QED) is 0.618. The third-order valence-corrected chi connectivity index (χ3v) is 6.14. The van der Waals surface area contributed by atoms with Crippen LogP contribution >= 0.6 is 11.8 Å². The normalized spacial score (nSPS) is 18.8. The molecule has 148 valence electrons. The predicted molar refractivity (Wildman–Crippen MR) is 114 cm³/mol. The van der Waals surface area contributed by atoms with Gasteiger partial charge in [0.2, 0.25) is 5.75 Å². The highest BCUT2D eigenvalue weighted by atomic mass is 32.2. The van der Waals surface area contributed by atoms with Crippen LogP contribution in [0.15, 0.2) is 35.2 Å². The predicted octanol–water partition coefficient (Wildman–Crippen LogP) is 4.54. The van der Waals surface area contributed by atoms with Crippen LogP contribution in [0.25, 0.3) is 10.9 Å². The van der Waals surface area contributed by atoms with Crippen LogP contribution in [-0.2, 0) is 6.42 Å². The first-order chi connectivity index (χ1) is 13.6. The zero-order valence-corrected chi connectivity index (χ0v) is 17.7. The number of aromatic amines is 1. The van der Waals surface area contributed by atoms with E-state index in [0.29, 0.717) is 23.3 Å². The number of aromatic nitrogens is 1. The fraction of sp³-hybridized carbons (Fsp3) is 0.364. The lowest BCUT2D eigenvalue weighted by Crippen LogP contribution is -2.37. The molecule has 0 saturated carbocycles. The second-order valence-electron chi connectivity index (χ2n) is 7.09. The first-order valence-electron chi connectivity index (χ1n) is 9.34. The first-order valence-corrected chi connectivity index (χ1v) is 10.6. The Morgan fingerprint density at radius 3 is 2.32 bits per heavy atom. The van der Waals surface area contributed by atoms with E-state index in [0.717, 1.165) is 12.0 Å². The molecular formula is C22H26N2O3S. The van der Waals surface area contributed by atoms with Gasteiger partial charge in [-0.05, 0) is 61.1 Å². The van der Waals surface area contributed by atoms with Gasteiger partial charge in [0.1, 0.15) is 0 Å². The Kier molecular flexibility index (Phi) is 5.17. The van der Waals surface area contributed by atoms with E-state index in [1.165, 1.54) is 27.1 Å². The van der Waals surface area contributed by atoms with Gasteiger partial charge in [0.05, 0.1) is 27.4 Å². The lowest BCUT2D eigenvalue weighted by Gasteiger charge is -2.30. The number of hydrogen-bond acceptors (Lipinski definition) is 5. The Balaban J connectivity index is 1.88. The van der Waals surface area contributed by atoms with E-state index < -0.39 is 0 Å². The fourth-order valence-electron chi connectivity index (χ4n) is 4.10. The molecule has 0 aliphatic carbocycles. The van der Waals surface area contributed by atoms with E-state index in [2.05, 4.69) is 41.7 Å². The van der Waals surface area contributed by atoms with Crippen LogP contribution in [0.3, 0.4) is 0 Å². The summed E-state index contributed by atoms with van der Waals surface area (Å²) in [7, 11) is 4.92. The maximum absolute atomic E-state index is 5.57. The average Bonchev–Trinajstić information content (AvgIpc) is 3.09. The van der Waals surface area contributed by atoms with Crippen LogP contribution in [0.2, 0.25) is 0 Å². The summed E-state index contributed by atoms with van der Waals surface area (Å²) in [5.74, 6) is 1.94. The molecule has 0 fully saturated rings. The number of nitrogens with one attached hydrogen (secondary N) is 2. The maximum atomic E-state index is 5.57. The molecule has 1 aromatic heterocycles. The number of hydrogen-bond donors (Lipinski definition) is 2. The molecule has 1 aliphatic heterocycles. The number of benzene rings is 2. The zero-order valence-electron chi connectivity index (χ0n) is 16.9. The molecule has 1 aliphatic rings. The molecule has 0 bridgehead atoms. The van der Waals surface area contributed by atoms with Crippen molar-refractivity contribution in [3.8, 4) is 17.2 Å². The van der Waals surface area contributed by atoms with Gasteiger partial charge in [-0.2, -0.15) is 0 Å². The topological polar surface area (TPSA) is 55.5 Å². The van der Waals surface area contributed by atoms with E-state index in [9.17, 15) is 0 Å². The van der Waals surface area contributed by atoms with Gasteiger partial charge < -0.3 is 24.5 Å². The molecule has 0 saturated heterocycles. The van der Waals surface area contributed by atoms with Crippen LogP contribution < -0.4 is 19.5 Å². The highest BCUT2D eigenvalue weighted by Crippen LogP contribution is 2.43. The molecule has 0 radical (unpaired) electrons. The minimum Gasteiger partial charge on any atom is -0.493 e. The smallest absolute Gasteiger partial charge is 0.203 e. The van der Waals surface area contributed by atoms with Crippen LogP contribution in [-0.4, -0.2) is 38.6 Å². The Morgan fingerprint density at radius 1 is 1.00 bits per heavy atom. The Morgan fingerprint density at radius 2 is 1.71 bits per heavy atom. The molecule has 3 aromatic rings.